The lowest BCUT2D eigenvalue weighted by molar-refractivity contribution is 0.197. The molecule has 3 rings (SSSR count). The molecular weight excluding hydrogens is 347 g/mol. The van der Waals surface area contributed by atoms with Crippen molar-refractivity contribution in [2.75, 3.05) is 18.4 Å². The molecule has 1 aromatic heterocycles. The molecule has 2 aromatic rings. The van der Waals surface area contributed by atoms with Gasteiger partial charge < -0.3 is 4.90 Å². The zero-order valence-corrected chi connectivity index (χ0v) is 14.7. The lowest BCUT2D eigenvalue weighted by Gasteiger charge is -2.33. The summed E-state index contributed by atoms with van der Waals surface area (Å²) in [6.07, 6.45) is 2.65. The number of nitrogens with one attached hydrogen (secondary N) is 1. The van der Waals surface area contributed by atoms with Crippen molar-refractivity contribution in [3.8, 4) is 0 Å². The minimum absolute atomic E-state index is 0.152. The number of halogens is 2. The second-order valence-corrected chi connectivity index (χ2v) is 6.51. The number of urea groups is 1. The van der Waals surface area contributed by atoms with Crippen LogP contribution >= 0.6 is 11.6 Å². The van der Waals surface area contributed by atoms with Crippen molar-refractivity contribution in [3.05, 3.63) is 40.2 Å². The Kier molecular flexibility index (Phi) is 4.98. The van der Waals surface area contributed by atoms with Gasteiger partial charge in [0.1, 0.15) is 5.82 Å². The van der Waals surface area contributed by atoms with Crippen LogP contribution in [-0.2, 0) is 7.05 Å². The van der Waals surface area contributed by atoms with E-state index in [1.807, 2.05) is 13.0 Å². The number of amides is 2. The maximum atomic E-state index is 13.5. The fourth-order valence-electron chi connectivity index (χ4n) is 2.83. The standard InChI is InChI=1S/C16H18ClFN6O/c1-10-9-24(16(25)19-15-20-21-22-23(15)2)4-3-12(10)5-11-6-13(17)8-14(18)7-11/h5-8,10H,3-4,9H2,1-2H3,(H,19,20,22,25)/b12-5+. The fourth-order valence-corrected chi connectivity index (χ4v) is 3.06. The van der Waals surface area contributed by atoms with E-state index in [1.165, 1.54) is 16.8 Å². The zero-order valence-electron chi connectivity index (χ0n) is 13.9. The van der Waals surface area contributed by atoms with Crippen LogP contribution in [0.25, 0.3) is 6.08 Å². The summed E-state index contributed by atoms with van der Waals surface area (Å²) in [5.41, 5.74) is 1.89. The third kappa shape index (κ3) is 4.14. The Balaban J connectivity index is 1.67. The number of aryl methyl sites for hydroxylation is 1. The monoisotopic (exact) mass is 364 g/mol. The van der Waals surface area contributed by atoms with E-state index < -0.39 is 0 Å². The van der Waals surface area contributed by atoms with Crippen LogP contribution < -0.4 is 5.32 Å². The first-order valence-electron chi connectivity index (χ1n) is 7.87. The van der Waals surface area contributed by atoms with Crippen LogP contribution in [0.15, 0.2) is 23.8 Å². The van der Waals surface area contributed by atoms with Gasteiger partial charge in [-0.05, 0) is 46.5 Å². The van der Waals surface area contributed by atoms with E-state index in [0.29, 0.717) is 30.5 Å². The van der Waals surface area contributed by atoms with E-state index in [0.717, 1.165) is 11.1 Å². The lowest BCUT2D eigenvalue weighted by Crippen LogP contribution is -2.42. The average Bonchev–Trinajstić information content (AvgIpc) is 2.93. The Labute approximate surface area is 149 Å². The third-order valence-corrected chi connectivity index (χ3v) is 4.38. The van der Waals surface area contributed by atoms with E-state index in [-0.39, 0.29) is 17.8 Å². The molecule has 1 aliphatic rings. The molecule has 1 fully saturated rings. The normalized spacial score (nSPS) is 19.3. The molecule has 1 atom stereocenters. The Morgan fingerprint density at radius 1 is 1.44 bits per heavy atom. The highest BCUT2D eigenvalue weighted by molar-refractivity contribution is 6.30. The average molecular weight is 365 g/mol. The van der Waals surface area contributed by atoms with Gasteiger partial charge in [-0.3, -0.25) is 5.32 Å². The number of anilines is 1. The molecule has 0 bridgehead atoms. The quantitative estimate of drug-likeness (QED) is 0.888. The Hall–Kier alpha value is -2.48. The summed E-state index contributed by atoms with van der Waals surface area (Å²) < 4.78 is 14.9. The first-order chi connectivity index (χ1) is 11.9. The van der Waals surface area contributed by atoms with Crippen LogP contribution in [0.3, 0.4) is 0 Å². The third-order valence-electron chi connectivity index (χ3n) is 4.16. The van der Waals surface area contributed by atoms with Gasteiger partial charge in [0.25, 0.3) is 5.95 Å². The van der Waals surface area contributed by atoms with Gasteiger partial charge in [-0.2, -0.15) is 0 Å². The van der Waals surface area contributed by atoms with E-state index in [4.69, 9.17) is 11.6 Å². The summed E-state index contributed by atoms with van der Waals surface area (Å²) in [6, 6.07) is 4.22. The highest BCUT2D eigenvalue weighted by Crippen LogP contribution is 2.26. The number of carbonyl (C=O) groups excluding carboxylic acids is 1. The summed E-state index contributed by atoms with van der Waals surface area (Å²) in [5.74, 6) is 0.0914. The molecule has 0 spiro atoms. The first kappa shape index (κ1) is 17.3. The summed E-state index contributed by atoms with van der Waals surface area (Å²) in [6.45, 7) is 3.17. The molecule has 1 aromatic carbocycles. The molecule has 2 amide bonds. The van der Waals surface area contributed by atoms with Crippen LogP contribution in [0.4, 0.5) is 15.1 Å². The molecule has 1 saturated heterocycles. The van der Waals surface area contributed by atoms with Crippen molar-refractivity contribution >= 4 is 29.7 Å². The van der Waals surface area contributed by atoms with Crippen molar-refractivity contribution in [2.45, 2.75) is 13.3 Å². The maximum absolute atomic E-state index is 13.5. The van der Waals surface area contributed by atoms with Gasteiger partial charge in [-0.1, -0.05) is 35.3 Å². The topological polar surface area (TPSA) is 75.9 Å². The smallest absolute Gasteiger partial charge is 0.324 e. The van der Waals surface area contributed by atoms with Gasteiger partial charge in [0.05, 0.1) is 0 Å². The SMILES string of the molecule is CC1CN(C(=O)Nc2nnnn2C)CC/C1=C\c1cc(F)cc(Cl)c1. The number of hydrogen-bond donors (Lipinski definition) is 1. The van der Waals surface area contributed by atoms with Gasteiger partial charge >= 0.3 is 6.03 Å². The lowest BCUT2D eigenvalue weighted by atomic mass is 9.91. The van der Waals surface area contributed by atoms with Crippen molar-refractivity contribution in [1.82, 2.24) is 25.1 Å². The number of rotatable bonds is 2. The van der Waals surface area contributed by atoms with Crippen LogP contribution in [-0.4, -0.2) is 44.2 Å². The highest BCUT2D eigenvalue weighted by atomic mass is 35.5. The largest absolute Gasteiger partial charge is 0.324 e. The zero-order chi connectivity index (χ0) is 18.0. The Bertz CT molecular complexity index is 800. The van der Waals surface area contributed by atoms with Gasteiger partial charge in [0, 0.05) is 25.2 Å². The molecule has 0 saturated carbocycles. The summed E-state index contributed by atoms with van der Waals surface area (Å²) in [5, 5.41) is 14.0. The molecule has 1 aliphatic heterocycles. The molecule has 7 nitrogen and oxygen atoms in total. The molecule has 2 heterocycles. The van der Waals surface area contributed by atoms with Gasteiger partial charge in [0.2, 0.25) is 0 Å². The number of tetrazole rings is 1. The van der Waals surface area contributed by atoms with Crippen molar-refractivity contribution in [1.29, 1.82) is 0 Å². The molecular formula is C16H18ClFN6O. The van der Waals surface area contributed by atoms with Crippen molar-refractivity contribution in [3.63, 3.8) is 0 Å². The molecule has 9 heteroatoms. The van der Waals surface area contributed by atoms with Gasteiger partial charge in [-0.25, -0.2) is 13.9 Å². The molecule has 1 N–H and O–H groups in total. The first-order valence-corrected chi connectivity index (χ1v) is 8.25. The minimum atomic E-state index is -0.360. The number of aromatic nitrogens is 4. The predicted octanol–water partition coefficient (Wildman–Crippen LogP) is 2.96. The number of benzene rings is 1. The number of hydrogen-bond acceptors (Lipinski definition) is 4. The number of piperidine rings is 1. The number of carbonyl (C=O) groups is 1. The molecule has 0 aliphatic carbocycles. The summed E-state index contributed by atoms with van der Waals surface area (Å²) in [7, 11) is 1.65. The summed E-state index contributed by atoms with van der Waals surface area (Å²) in [4.78, 5) is 14.1. The Morgan fingerprint density at radius 3 is 2.88 bits per heavy atom. The number of nitrogens with zero attached hydrogens (tertiary/aromatic N) is 5. The van der Waals surface area contributed by atoms with Gasteiger partial charge in [0.15, 0.2) is 0 Å². The Morgan fingerprint density at radius 2 is 2.24 bits per heavy atom. The second-order valence-electron chi connectivity index (χ2n) is 6.08. The van der Waals surface area contributed by atoms with E-state index >= 15 is 0 Å². The molecule has 0 radical (unpaired) electrons. The molecule has 25 heavy (non-hydrogen) atoms. The highest BCUT2D eigenvalue weighted by Gasteiger charge is 2.25. The van der Waals surface area contributed by atoms with Gasteiger partial charge in [-0.15, -0.1) is 0 Å². The number of likely N-dealkylation sites (tertiary alicyclic amines) is 1. The van der Waals surface area contributed by atoms with Crippen LogP contribution in [0, 0.1) is 11.7 Å². The van der Waals surface area contributed by atoms with Crippen LogP contribution in [0.1, 0.15) is 18.9 Å². The van der Waals surface area contributed by atoms with Crippen molar-refractivity contribution in [2.24, 2.45) is 13.0 Å². The maximum Gasteiger partial charge on any atom is 0.324 e. The van der Waals surface area contributed by atoms with Crippen molar-refractivity contribution < 1.29 is 9.18 Å². The fraction of sp³-hybridized carbons (Fsp3) is 0.375. The summed E-state index contributed by atoms with van der Waals surface area (Å²) >= 11 is 5.90. The molecule has 1 unspecified atom stereocenters. The van der Waals surface area contributed by atoms with E-state index in [9.17, 15) is 9.18 Å². The second kappa shape index (κ2) is 7.18. The minimum Gasteiger partial charge on any atom is -0.324 e. The van der Waals surface area contributed by atoms with E-state index in [1.54, 1.807) is 18.0 Å². The van der Waals surface area contributed by atoms with E-state index in [2.05, 4.69) is 20.8 Å². The predicted molar refractivity (Wildman–Crippen MR) is 92.6 cm³/mol. The molecule has 132 valence electrons. The van der Waals surface area contributed by atoms with Crippen LogP contribution in [0.5, 0.6) is 0 Å². The van der Waals surface area contributed by atoms with Crippen LogP contribution in [0.2, 0.25) is 5.02 Å².